The normalized spacial score (nSPS) is 18.5. The zero-order valence-corrected chi connectivity index (χ0v) is 20.6. The van der Waals surface area contributed by atoms with Gasteiger partial charge in [-0.3, -0.25) is 5.32 Å². The number of aromatic nitrogens is 3. The summed E-state index contributed by atoms with van der Waals surface area (Å²) < 4.78 is 46.7. The second-order valence-electron chi connectivity index (χ2n) is 8.54. The van der Waals surface area contributed by atoms with Crippen LogP contribution in [0.3, 0.4) is 0 Å². The summed E-state index contributed by atoms with van der Waals surface area (Å²) in [4.78, 5) is 22.8. The molecule has 1 aliphatic rings. The molecule has 12 heteroatoms. The van der Waals surface area contributed by atoms with Crippen LogP contribution in [-0.2, 0) is 10.9 Å². The van der Waals surface area contributed by atoms with Crippen molar-refractivity contribution >= 4 is 44.6 Å². The summed E-state index contributed by atoms with van der Waals surface area (Å²) in [6, 6.07) is 3.19. The summed E-state index contributed by atoms with van der Waals surface area (Å²) in [5.74, 6) is 0.837. The lowest BCUT2D eigenvalue weighted by molar-refractivity contribution is -0.137. The number of amides is 1. The van der Waals surface area contributed by atoms with Crippen LogP contribution in [0, 0.1) is 11.8 Å². The summed E-state index contributed by atoms with van der Waals surface area (Å²) in [7, 11) is 1.23. The van der Waals surface area contributed by atoms with Gasteiger partial charge in [0, 0.05) is 29.9 Å². The van der Waals surface area contributed by atoms with E-state index in [2.05, 4.69) is 46.3 Å². The minimum absolute atomic E-state index is 0.131. The van der Waals surface area contributed by atoms with Gasteiger partial charge in [0.25, 0.3) is 0 Å². The van der Waals surface area contributed by atoms with Crippen molar-refractivity contribution in [3.8, 4) is 11.3 Å². The van der Waals surface area contributed by atoms with E-state index in [4.69, 9.17) is 5.73 Å². The van der Waals surface area contributed by atoms with Crippen molar-refractivity contribution in [2.45, 2.75) is 31.9 Å². The molecule has 2 aromatic heterocycles. The Labute approximate surface area is 208 Å². The Bertz CT molecular complexity index is 1220. The first-order valence-electron chi connectivity index (χ1n) is 11.3. The fourth-order valence-corrected chi connectivity index (χ4v) is 5.14. The number of anilines is 2. The quantitative estimate of drug-likeness (QED) is 0.307. The number of methoxy groups -OCH3 is 1. The van der Waals surface area contributed by atoms with E-state index in [1.165, 1.54) is 13.3 Å². The Morgan fingerprint density at radius 3 is 2.71 bits per heavy atom. The van der Waals surface area contributed by atoms with E-state index in [9.17, 15) is 18.0 Å². The van der Waals surface area contributed by atoms with E-state index in [1.807, 2.05) is 0 Å². The topological polar surface area (TPSA) is 118 Å². The lowest BCUT2D eigenvalue weighted by Gasteiger charge is -2.30. The van der Waals surface area contributed by atoms with Crippen LogP contribution in [0.15, 0.2) is 29.0 Å². The van der Waals surface area contributed by atoms with Crippen molar-refractivity contribution in [1.82, 2.24) is 15.0 Å². The van der Waals surface area contributed by atoms with Crippen molar-refractivity contribution in [3.63, 3.8) is 0 Å². The Morgan fingerprint density at radius 1 is 1.29 bits per heavy atom. The highest BCUT2D eigenvalue weighted by Crippen LogP contribution is 2.41. The number of benzene rings is 1. The predicted molar refractivity (Wildman–Crippen MR) is 131 cm³/mol. The second-order valence-corrected chi connectivity index (χ2v) is 9.34. The van der Waals surface area contributed by atoms with E-state index < -0.39 is 17.8 Å². The maximum Gasteiger partial charge on any atom is 0.419 e. The van der Waals surface area contributed by atoms with E-state index in [1.54, 1.807) is 12.1 Å². The van der Waals surface area contributed by atoms with Gasteiger partial charge in [0.2, 0.25) is 5.95 Å². The minimum Gasteiger partial charge on any atom is -0.453 e. The third kappa shape index (κ3) is 5.37. The Kier molecular flexibility index (Phi) is 7.50. The maximum absolute atomic E-state index is 13.9. The molecular formula is C23H26BrF3N6O2. The van der Waals surface area contributed by atoms with Crippen LogP contribution < -0.4 is 16.4 Å². The van der Waals surface area contributed by atoms with Crippen molar-refractivity contribution < 1.29 is 22.7 Å². The van der Waals surface area contributed by atoms with Gasteiger partial charge in [0.05, 0.1) is 28.5 Å². The van der Waals surface area contributed by atoms with Gasteiger partial charge in [-0.15, -0.1) is 0 Å². The molecule has 1 aliphatic carbocycles. The molecule has 1 amide bonds. The van der Waals surface area contributed by atoms with Gasteiger partial charge < -0.3 is 20.8 Å². The van der Waals surface area contributed by atoms with Crippen LogP contribution in [0.1, 0.15) is 31.2 Å². The zero-order chi connectivity index (χ0) is 25.2. The number of carbonyl (C=O) groups excluding carboxylic acids is 1. The number of carbonyl (C=O) groups is 1. The fourth-order valence-electron chi connectivity index (χ4n) is 4.58. The first-order valence-corrected chi connectivity index (χ1v) is 12.0. The molecule has 2 heterocycles. The number of fused-ring (bicyclic) bond motifs is 1. The molecule has 1 aromatic carbocycles. The molecule has 1 fully saturated rings. The van der Waals surface area contributed by atoms with E-state index in [0.717, 1.165) is 31.9 Å². The van der Waals surface area contributed by atoms with Crippen molar-refractivity contribution in [2.75, 3.05) is 30.8 Å². The number of nitrogens with two attached hydrogens (primary N) is 1. The van der Waals surface area contributed by atoms with Gasteiger partial charge in [-0.2, -0.15) is 13.2 Å². The van der Waals surface area contributed by atoms with Crippen LogP contribution >= 0.6 is 15.9 Å². The highest BCUT2D eigenvalue weighted by molar-refractivity contribution is 9.10. The first kappa shape index (κ1) is 25.2. The molecule has 0 saturated heterocycles. The fraction of sp³-hybridized carbons (Fsp3) is 0.435. The average Bonchev–Trinajstić information content (AvgIpc) is 3.28. The molecule has 188 valence electrons. The monoisotopic (exact) mass is 554 g/mol. The molecule has 2 atom stereocenters. The van der Waals surface area contributed by atoms with Gasteiger partial charge in [-0.05, 0) is 53.2 Å². The highest BCUT2D eigenvalue weighted by Gasteiger charge is 2.36. The van der Waals surface area contributed by atoms with Crippen LogP contribution in [0.2, 0.25) is 0 Å². The molecule has 3 aromatic rings. The predicted octanol–water partition coefficient (Wildman–Crippen LogP) is 5.76. The molecule has 1 saturated carbocycles. The van der Waals surface area contributed by atoms with Crippen molar-refractivity contribution in [3.05, 3.63) is 34.6 Å². The molecule has 0 unspecified atom stereocenters. The first-order chi connectivity index (χ1) is 16.7. The number of rotatable bonds is 6. The van der Waals surface area contributed by atoms with Crippen LogP contribution in [0.5, 0.6) is 0 Å². The third-order valence-electron chi connectivity index (χ3n) is 6.46. The number of H-pyrrole nitrogens is 1. The van der Waals surface area contributed by atoms with Crippen LogP contribution in [-0.4, -0.2) is 41.2 Å². The van der Waals surface area contributed by atoms with E-state index >= 15 is 0 Å². The molecule has 0 aliphatic heterocycles. The summed E-state index contributed by atoms with van der Waals surface area (Å²) in [6.45, 7) is 1.14. The average molecular weight is 555 g/mol. The molecule has 0 spiro atoms. The molecule has 4 rings (SSSR count). The van der Waals surface area contributed by atoms with Gasteiger partial charge in [0.1, 0.15) is 5.56 Å². The number of nitrogens with one attached hydrogen (secondary N) is 3. The van der Waals surface area contributed by atoms with Crippen molar-refractivity contribution in [2.24, 2.45) is 17.6 Å². The second kappa shape index (κ2) is 10.4. The summed E-state index contributed by atoms with van der Waals surface area (Å²) >= 11 is 3.40. The largest absolute Gasteiger partial charge is 0.453 e. The lowest BCUT2D eigenvalue weighted by Crippen LogP contribution is -2.31. The lowest BCUT2D eigenvalue weighted by atomic mass is 9.79. The number of nitrogens with zero attached hydrogens (tertiary/aromatic N) is 2. The Balaban J connectivity index is 1.69. The van der Waals surface area contributed by atoms with E-state index in [-0.39, 0.29) is 17.2 Å². The molecule has 35 heavy (non-hydrogen) atoms. The molecular weight excluding hydrogens is 529 g/mol. The Morgan fingerprint density at radius 2 is 2.03 bits per heavy atom. The van der Waals surface area contributed by atoms with Crippen LogP contribution in [0.4, 0.5) is 29.6 Å². The SMILES string of the molecule is COC(=O)Nc1ccc2c(-c3nc(NC[C@H]4CCCC[C@@H]4CN)ncc3C(F)(F)F)c[nH]c2c1Br. The van der Waals surface area contributed by atoms with Gasteiger partial charge in [-0.1, -0.05) is 18.9 Å². The maximum atomic E-state index is 13.9. The number of alkyl halides is 3. The number of ether oxygens (including phenoxy) is 1. The zero-order valence-electron chi connectivity index (χ0n) is 19.0. The summed E-state index contributed by atoms with van der Waals surface area (Å²) in [5.41, 5.74) is 5.91. The van der Waals surface area contributed by atoms with Gasteiger partial charge >= 0.3 is 12.3 Å². The molecule has 5 N–H and O–H groups in total. The van der Waals surface area contributed by atoms with Crippen LogP contribution in [0.25, 0.3) is 22.2 Å². The third-order valence-corrected chi connectivity index (χ3v) is 7.28. The smallest absolute Gasteiger partial charge is 0.419 e. The number of halogens is 4. The van der Waals surface area contributed by atoms with Gasteiger partial charge in [0.15, 0.2) is 0 Å². The summed E-state index contributed by atoms with van der Waals surface area (Å²) in [5, 5.41) is 6.18. The standard InChI is InChI=1S/C23H26BrF3N6O2/c1-35-22(34)32-17-7-6-14-15(10-29-20(14)18(17)24)19-16(23(25,26)27)11-31-21(33-19)30-9-13-5-3-2-4-12(13)8-28/h6-7,10-13,29H,2-5,8-9,28H2,1H3,(H,32,34)(H,30,31,33)/t12-,13-/m1/s1. The number of hydrogen-bond donors (Lipinski definition) is 4. The highest BCUT2D eigenvalue weighted by atomic mass is 79.9. The molecule has 0 bridgehead atoms. The molecule has 0 radical (unpaired) electrons. The van der Waals surface area contributed by atoms with E-state index in [0.29, 0.717) is 46.0 Å². The Hall–Kier alpha value is -2.86. The molecule has 8 nitrogen and oxygen atoms in total. The van der Waals surface area contributed by atoms with Gasteiger partial charge in [-0.25, -0.2) is 14.8 Å². The minimum atomic E-state index is -4.64. The number of hydrogen-bond acceptors (Lipinski definition) is 6. The summed E-state index contributed by atoms with van der Waals surface area (Å²) in [6.07, 6.45) is 1.29. The number of aromatic amines is 1. The van der Waals surface area contributed by atoms with Crippen molar-refractivity contribution in [1.29, 1.82) is 0 Å².